The van der Waals surface area contributed by atoms with E-state index in [0.29, 0.717) is 13.1 Å². The van der Waals surface area contributed by atoms with Crippen LogP contribution in [0.4, 0.5) is 0 Å². The molecule has 1 fully saturated rings. The minimum Gasteiger partial charge on any atom is -0.334 e. The highest BCUT2D eigenvalue weighted by atomic mass is 32.2. The van der Waals surface area contributed by atoms with Gasteiger partial charge in [-0.2, -0.15) is 15.0 Å². The average Bonchev–Trinajstić information content (AvgIpc) is 2.91. The molecule has 19 heavy (non-hydrogen) atoms. The zero-order valence-electron chi connectivity index (χ0n) is 10.6. The van der Waals surface area contributed by atoms with Crippen LogP contribution in [0.5, 0.6) is 0 Å². The van der Waals surface area contributed by atoms with Crippen molar-refractivity contribution in [2.24, 2.45) is 0 Å². The SMILES string of the molecule is CSc1cccc(C(=O)N2CC(n3nccn3)C2)c1. The lowest BCUT2D eigenvalue weighted by Crippen LogP contribution is -2.51. The Balaban J connectivity index is 1.66. The summed E-state index contributed by atoms with van der Waals surface area (Å²) < 4.78 is 0. The van der Waals surface area contributed by atoms with E-state index in [9.17, 15) is 4.79 Å². The Bertz CT molecular complexity index is 578. The summed E-state index contributed by atoms with van der Waals surface area (Å²) >= 11 is 1.64. The van der Waals surface area contributed by atoms with Crippen molar-refractivity contribution >= 4 is 17.7 Å². The Morgan fingerprint density at radius 1 is 1.32 bits per heavy atom. The second-order valence-electron chi connectivity index (χ2n) is 4.45. The lowest BCUT2D eigenvalue weighted by atomic mass is 10.1. The van der Waals surface area contributed by atoms with Crippen molar-refractivity contribution in [3.8, 4) is 0 Å². The van der Waals surface area contributed by atoms with Crippen LogP contribution in [0.25, 0.3) is 0 Å². The second kappa shape index (κ2) is 5.05. The van der Waals surface area contributed by atoms with Crippen LogP contribution < -0.4 is 0 Å². The molecule has 0 unspecified atom stereocenters. The van der Waals surface area contributed by atoms with Gasteiger partial charge in [0, 0.05) is 23.5 Å². The van der Waals surface area contributed by atoms with Crippen LogP contribution in [-0.2, 0) is 0 Å². The van der Waals surface area contributed by atoms with Gasteiger partial charge in [0.05, 0.1) is 12.4 Å². The minimum atomic E-state index is 0.0827. The normalized spacial score (nSPS) is 15.3. The van der Waals surface area contributed by atoms with Crippen molar-refractivity contribution in [1.82, 2.24) is 19.9 Å². The molecule has 0 N–H and O–H groups in total. The molecule has 0 radical (unpaired) electrons. The maximum atomic E-state index is 12.3. The molecule has 0 aliphatic carbocycles. The topological polar surface area (TPSA) is 51.0 Å². The Kier molecular flexibility index (Phi) is 3.25. The molecule has 1 saturated heterocycles. The van der Waals surface area contributed by atoms with E-state index in [4.69, 9.17) is 0 Å². The third-order valence-corrected chi connectivity index (χ3v) is 3.95. The number of hydrogen-bond donors (Lipinski definition) is 0. The monoisotopic (exact) mass is 274 g/mol. The molecule has 1 amide bonds. The van der Waals surface area contributed by atoms with Crippen molar-refractivity contribution in [2.45, 2.75) is 10.9 Å². The van der Waals surface area contributed by atoms with Crippen LogP contribution in [0.3, 0.4) is 0 Å². The molecule has 98 valence electrons. The molecule has 1 aliphatic heterocycles. The molecule has 0 bridgehead atoms. The summed E-state index contributed by atoms with van der Waals surface area (Å²) in [5.41, 5.74) is 0.749. The first kappa shape index (κ1) is 12.2. The van der Waals surface area contributed by atoms with Gasteiger partial charge in [0.2, 0.25) is 0 Å². The number of benzene rings is 1. The number of thioether (sulfide) groups is 1. The number of aromatic nitrogens is 3. The number of rotatable bonds is 3. The summed E-state index contributed by atoms with van der Waals surface area (Å²) in [6, 6.07) is 7.94. The quantitative estimate of drug-likeness (QED) is 0.799. The zero-order valence-corrected chi connectivity index (χ0v) is 11.4. The van der Waals surface area contributed by atoms with E-state index >= 15 is 0 Å². The van der Waals surface area contributed by atoms with Crippen LogP contribution in [-0.4, -0.2) is 45.1 Å². The average molecular weight is 274 g/mol. The molecule has 6 heteroatoms. The van der Waals surface area contributed by atoms with E-state index < -0.39 is 0 Å². The predicted octanol–water partition coefficient (Wildman–Crippen LogP) is 1.70. The van der Waals surface area contributed by atoms with Gasteiger partial charge in [-0.15, -0.1) is 11.8 Å². The largest absolute Gasteiger partial charge is 0.334 e. The van der Waals surface area contributed by atoms with E-state index in [1.807, 2.05) is 35.4 Å². The third kappa shape index (κ3) is 2.35. The fraction of sp³-hybridized carbons (Fsp3) is 0.308. The van der Waals surface area contributed by atoms with Gasteiger partial charge < -0.3 is 4.90 Å². The Labute approximate surface area is 115 Å². The molecule has 0 saturated carbocycles. The van der Waals surface area contributed by atoms with Crippen molar-refractivity contribution < 1.29 is 4.79 Å². The van der Waals surface area contributed by atoms with E-state index in [1.165, 1.54) is 0 Å². The second-order valence-corrected chi connectivity index (χ2v) is 5.33. The summed E-state index contributed by atoms with van der Waals surface area (Å²) in [7, 11) is 0. The van der Waals surface area contributed by atoms with Crippen LogP contribution in [0.15, 0.2) is 41.6 Å². The first-order valence-corrected chi connectivity index (χ1v) is 7.29. The Morgan fingerprint density at radius 3 is 2.74 bits per heavy atom. The van der Waals surface area contributed by atoms with Crippen LogP contribution in [0.2, 0.25) is 0 Å². The van der Waals surface area contributed by atoms with Gasteiger partial charge in [-0.3, -0.25) is 4.79 Å². The van der Waals surface area contributed by atoms with Gasteiger partial charge >= 0.3 is 0 Å². The molecule has 1 aliphatic rings. The number of nitrogens with zero attached hydrogens (tertiary/aromatic N) is 4. The molecular formula is C13H14N4OS. The highest BCUT2D eigenvalue weighted by Crippen LogP contribution is 2.23. The van der Waals surface area contributed by atoms with Gasteiger partial charge in [-0.05, 0) is 24.5 Å². The molecule has 2 heterocycles. The summed E-state index contributed by atoms with van der Waals surface area (Å²) in [6.07, 6.45) is 5.32. The van der Waals surface area contributed by atoms with E-state index in [1.54, 1.807) is 29.0 Å². The molecule has 2 aromatic rings. The molecule has 5 nitrogen and oxygen atoms in total. The maximum absolute atomic E-state index is 12.3. The zero-order chi connectivity index (χ0) is 13.2. The summed E-state index contributed by atoms with van der Waals surface area (Å²) in [5, 5.41) is 8.19. The van der Waals surface area contributed by atoms with E-state index in [0.717, 1.165) is 10.5 Å². The number of amides is 1. The van der Waals surface area contributed by atoms with Gasteiger partial charge in [-0.25, -0.2) is 0 Å². The van der Waals surface area contributed by atoms with Crippen LogP contribution in [0, 0.1) is 0 Å². The molecule has 1 aromatic heterocycles. The number of likely N-dealkylation sites (tertiary alicyclic amines) is 1. The van der Waals surface area contributed by atoms with Gasteiger partial charge in [0.15, 0.2) is 0 Å². The van der Waals surface area contributed by atoms with Crippen LogP contribution in [0.1, 0.15) is 16.4 Å². The van der Waals surface area contributed by atoms with Gasteiger partial charge in [0.25, 0.3) is 5.91 Å². The van der Waals surface area contributed by atoms with Crippen molar-refractivity contribution in [2.75, 3.05) is 19.3 Å². The van der Waals surface area contributed by atoms with Gasteiger partial charge in [-0.1, -0.05) is 6.07 Å². The first-order chi connectivity index (χ1) is 9.28. The highest BCUT2D eigenvalue weighted by molar-refractivity contribution is 7.98. The minimum absolute atomic E-state index is 0.0827. The molecule has 3 rings (SSSR count). The lowest BCUT2D eigenvalue weighted by Gasteiger charge is -2.38. The molecular weight excluding hydrogens is 260 g/mol. The van der Waals surface area contributed by atoms with Crippen LogP contribution >= 0.6 is 11.8 Å². The lowest BCUT2D eigenvalue weighted by molar-refractivity contribution is 0.0476. The fourth-order valence-electron chi connectivity index (χ4n) is 2.12. The van der Waals surface area contributed by atoms with Crippen molar-refractivity contribution in [3.63, 3.8) is 0 Å². The molecule has 0 atom stereocenters. The number of hydrogen-bond acceptors (Lipinski definition) is 4. The maximum Gasteiger partial charge on any atom is 0.254 e. The highest BCUT2D eigenvalue weighted by Gasteiger charge is 2.33. The smallest absolute Gasteiger partial charge is 0.254 e. The fourth-order valence-corrected chi connectivity index (χ4v) is 2.58. The predicted molar refractivity (Wildman–Crippen MR) is 73.2 cm³/mol. The third-order valence-electron chi connectivity index (χ3n) is 3.23. The van der Waals surface area contributed by atoms with E-state index in [-0.39, 0.29) is 11.9 Å². The van der Waals surface area contributed by atoms with Gasteiger partial charge in [0.1, 0.15) is 6.04 Å². The first-order valence-electron chi connectivity index (χ1n) is 6.07. The number of carbonyl (C=O) groups excluding carboxylic acids is 1. The summed E-state index contributed by atoms with van der Waals surface area (Å²) in [4.78, 5) is 16.9. The van der Waals surface area contributed by atoms with Crippen molar-refractivity contribution in [1.29, 1.82) is 0 Å². The van der Waals surface area contributed by atoms with Crippen molar-refractivity contribution in [3.05, 3.63) is 42.2 Å². The molecule has 1 aromatic carbocycles. The van der Waals surface area contributed by atoms with E-state index in [2.05, 4.69) is 10.2 Å². The standard InChI is InChI=1S/C13H14N4OS/c1-19-12-4-2-3-10(7-12)13(18)16-8-11(9-16)17-14-5-6-15-17/h2-7,11H,8-9H2,1H3. The number of carbonyl (C=O) groups is 1. The Morgan fingerprint density at radius 2 is 2.05 bits per heavy atom. The summed E-state index contributed by atoms with van der Waals surface area (Å²) in [5.74, 6) is 0.0827. The summed E-state index contributed by atoms with van der Waals surface area (Å²) in [6.45, 7) is 1.36. The Hall–Kier alpha value is -1.82. The molecule has 0 spiro atoms.